The van der Waals surface area contributed by atoms with Crippen molar-refractivity contribution in [3.05, 3.63) is 73.1 Å². The first-order valence-corrected chi connectivity index (χ1v) is 24.6. The topological polar surface area (TPSA) is 204 Å². The summed E-state index contributed by atoms with van der Waals surface area (Å²) in [6.07, 6.45) is 6.09. The number of hydrogen-bond donors (Lipinski definition) is 4. The lowest BCUT2D eigenvalue weighted by molar-refractivity contribution is 0.0852. The molecule has 3 fully saturated rings. The molecule has 71 heavy (non-hydrogen) atoms. The average Bonchev–Trinajstić information content (AvgIpc) is 3.42. The first-order chi connectivity index (χ1) is 34.5. The van der Waals surface area contributed by atoms with Crippen molar-refractivity contribution in [2.24, 2.45) is 0 Å². The van der Waals surface area contributed by atoms with Gasteiger partial charge in [0, 0.05) is 122 Å². The van der Waals surface area contributed by atoms with Crippen molar-refractivity contribution in [1.82, 2.24) is 45.4 Å². The number of likely N-dealkylation sites (N-methyl/N-ethyl adjacent to an activating group) is 3. The molecule has 3 aromatic heterocycles. The summed E-state index contributed by atoms with van der Waals surface area (Å²) in [5.74, 6) is 5.98. The van der Waals surface area contributed by atoms with E-state index in [1.807, 2.05) is 73.6 Å². The van der Waals surface area contributed by atoms with Gasteiger partial charge in [0.1, 0.15) is 60.2 Å². The van der Waals surface area contributed by atoms with E-state index >= 15 is 0 Å². The molecular weight excluding hydrogens is 907 g/mol. The van der Waals surface area contributed by atoms with Crippen LogP contribution in [0, 0.1) is 0 Å². The Balaban J connectivity index is 0.000000209. The van der Waals surface area contributed by atoms with Crippen LogP contribution in [0.5, 0.6) is 17.5 Å². The molecule has 6 heterocycles. The van der Waals surface area contributed by atoms with Crippen molar-refractivity contribution in [3.63, 3.8) is 0 Å². The van der Waals surface area contributed by atoms with Gasteiger partial charge in [-0.1, -0.05) is 24.3 Å². The lowest BCUT2D eigenvalue weighted by Crippen LogP contribution is -2.45. The minimum absolute atomic E-state index is 0.184. The zero-order chi connectivity index (χ0) is 50.1. The normalized spacial score (nSPS) is 16.6. The number of methoxy groups -OCH3 is 1. The molecule has 0 bridgehead atoms. The number of benzene rings is 2. The van der Waals surface area contributed by atoms with E-state index in [0.29, 0.717) is 60.1 Å². The fraction of sp³-hybridized carbons (Fsp3) is 0.529. The first-order valence-electron chi connectivity index (χ1n) is 24.6. The molecule has 0 saturated carbocycles. The summed E-state index contributed by atoms with van der Waals surface area (Å²) >= 11 is 0. The van der Waals surface area contributed by atoms with Gasteiger partial charge in [0.15, 0.2) is 11.6 Å². The number of rotatable bonds is 20. The highest BCUT2D eigenvalue weighted by Crippen LogP contribution is 2.32. The second-order valence-corrected chi connectivity index (χ2v) is 18.1. The zero-order valence-corrected chi connectivity index (χ0v) is 42.4. The van der Waals surface area contributed by atoms with E-state index in [1.54, 1.807) is 19.4 Å². The maximum Gasteiger partial charge on any atom is 0.316 e. The average molecular weight is 980 g/mol. The van der Waals surface area contributed by atoms with Crippen LogP contribution in [0.3, 0.4) is 0 Å². The van der Waals surface area contributed by atoms with Crippen LogP contribution in [0.1, 0.15) is 25.7 Å². The van der Waals surface area contributed by atoms with E-state index in [1.165, 1.54) is 7.11 Å². The smallest absolute Gasteiger partial charge is 0.316 e. The van der Waals surface area contributed by atoms with Gasteiger partial charge in [-0.25, -0.2) is 29.9 Å². The van der Waals surface area contributed by atoms with Crippen molar-refractivity contribution in [2.75, 3.05) is 148 Å². The SMILES string of the molecule is CNCC(O)COc1cccc(-c2nc(N(C)c3cnc(OC)nc3)cc(N(C)C3CCOCC3)n2)c1.CNCC(O)COc1cccc(-c2nc(N3CCN(C)CC3)cc(N(C)C3CCOCC3)n2)c1. The molecule has 0 amide bonds. The van der Waals surface area contributed by atoms with Crippen LogP contribution < -0.4 is 44.4 Å². The fourth-order valence-corrected chi connectivity index (χ4v) is 8.50. The summed E-state index contributed by atoms with van der Waals surface area (Å²) in [4.78, 5) is 39.3. The number of anilines is 5. The van der Waals surface area contributed by atoms with Crippen LogP contribution in [-0.2, 0) is 9.47 Å². The molecule has 2 unspecified atom stereocenters. The number of nitrogens with one attached hydrogen (secondary N) is 2. The molecule has 2 atom stereocenters. The van der Waals surface area contributed by atoms with Crippen molar-refractivity contribution in [1.29, 1.82) is 0 Å². The van der Waals surface area contributed by atoms with Crippen molar-refractivity contribution in [2.45, 2.75) is 50.0 Å². The van der Waals surface area contributed by atoms with Crippen LogP contribution in [0.2, 0.25) is 0 Å². The molecule has 20 heteroatoms. The monoisotopic (exact) mass is 980 g/mol. The quantitative estimate of drug-likeness (QED) is 0.0877. The van der Waals surface area contributed by atoms with Gasteiger partial charge in [0.25, 0.3) is 0 Å². The largest absolute Gasteiger partial charge is 0.491 e. The van der Waals surface area contributed by atoms with Gasteiger partial charge >= 0.3 is 6.01 Å². The number of nitrogens with zero attached hydrogens (tertiary/aromatic N) is 11. The van der Waals surface area contributed by atoms with Crippen molar-refractivity contribution >= 4 is 29.0 Å². The summed E-state index contributed by atoms with van der Waals surface area (Å²) < 4.78 is 27.9. The van der Waals surface area contributed by atoms with Crippen LogP contribution in [0.25, 0.3) is 22.8 Å². The Kier molecular flexibility index (Phi) is 19.7. The highest BCUT2D eigenvalue weighted by Gasteiger charge is 2.25. The fourth-order valence-electron chi connectivity index (χ4n) is 8.50. The third-order valence-electron chi connectivity index (χ3n) is 12.9. The van der Waals surface area contributed by atoms with Gasteiger partial charge in [-0.15, -0.1) is 0 Å². The predicted octanol–water partition coefficient (Wildman–Crippen LogP) is 3.75. The van der Waals surface area contributed by atoms with Crippen molar-refractivity contribution < 1.29 is 33.9 Å². The maximum absolute atomic E-state index is 10.0. The number of piperazine rings is 1. The van der Waals surface area contributed by atoms with E-state index in [4.69, 9.17) is 43.6 Å². The summed E-state index contributed by atoms with van der Waals surface area (Å²) in [5.41, 5.74) is 2.47. The van der Waals surface area contributed by atoms with Gasteiger partial charge in [-0.2, -0.15) is 0 Å². The molecule has 5 aromatic rings. The van der Waals surface area contributed by atoms with Crippen LogP contribution in [-0.4, -0.2) is 198 Å². The lowest BCUT2D eigenvalue weighted by Gasteiger charge is -2.35. The third kappa shape index (κ3) is 15.0. The first kappa shape index (κ1) is 52.8. The molecule has 4 N–H and O–H groups in total. The summed E-state index contributed by atoms with van der Waals surface area (Å²) in [5, 5.41) is 25.9. The molecule has 3 aliphatic rings. The van der Waals surface area contributed by atoms with Gasteiger partial charge in [0.05, 0.1) is 25.2 Å². The summed E-state index contributed by atoms with van der Waals surface area (Å²) in [7, 11) is 13.4. The van der Waals surface area contributed by atoms with Crippen LogP contribution in [0.4, 0.5) is 29.0 Å². The van der Waals surface area contributed by atoms with Gasteiger partial charge in [-0.05, 0) is 71.1 Å². The predicted molar refractivity (Wildman–Crippen MR) is 277 cm³/mol. The standard InChI is InChI=1S/C26H35N7O4.C25H38N6O3/c1-27-16-21(34)17-37-22-7-5-6-18(12-22)25-30-23(32(2)19-8-10-36-11-9-19)13-24(31-25)33(3)20-14-28-26(35-4)29-15-20;1-26-17-21(32)18-34-22-6-4-5-19(15-22)25-27-23(30(3)20-7-13-33-14-8-20)16-24(28-25)31-11-9-29(2)10-12-31/h5-7,12-15,19,21,27,34H,8-11,16-17H2,1-4H3;4-6,15-16,20-21,26,32H,7-14,17-18H2,1-3H3. The van der Waals surface area contributed by atoms with Gasteiger partial charge in [-0.3, -0.25) is 0 Å². The van der Waals surface area contributed by atoms with Crippen LogP contribution >= 0.6 is 0 Å². The Labute approximate surface area is 418 Å². The van der Waals surface area contributed by atoms with Crippen molar-refractivity contribution in [3.8, 4) is 40.3 Å². The Morgan fingerprint density at radius 3 is 1.63 bits per heavy atom. The molecule has 20 nitrogen and oxygen atoms in total. The Morgan fingerprint density at radius 2 is 1.14 bits per heavy atom. The van der Waals surface area contributed by atoms with Gasteiger partial charge in [0.2, 0.25) is 0 Å². The summed E-state index contributed by atoms with van der Waals surface area (Å²) in [6, 6.07) is 20.5. The van der Waals surface area contributed by atoms with Gasteiger partial charge < -0.3 is 69.0 Å². The number of aliphatic hydroxyl groups is 2. The second-order valence-electron chi connectivity index (χ2n) is 18.1. The minimum atomic E-state index is -0.603. The maximum atomic E-state index is 10.0. The van der Waals surface area contributed by atoms with E-state index < -0.39 is 12.2 Å². The van der Waals surface area contributed by atoms with E-state index in [0.717, 1.165) is 113 Å². The number of aromatic nitrogens is 6. The molecule has 0 aliphatic carbocycles. The Hall–Kier alpha value is -6.00. The molecule has 3 saturated heterocycles. The molecule has 0 spiro atoms. The molecule has 0 radical (unpaired) electrons. The highest BCUT2D eigenvalue weighted by atomic mass is 16.5. The molecular formula is C51H73N13O7. The minimum Gasteiger partial charge on any atom is -0.491 e. The zero-order valence-electron chi connectivity index (χ0n) is 42.4. The Bertz CT molecular complexity index is 2380. The van der Waals surface area contributed by atoms with E-state index in [-0.39, 0.29) is 13.2 Å². The van der Waals surface area contributed by atoms with Crippen LogP contribution in [0.15, 0.2) is 73.1 Å². The number of hydrogen-bond acceptors (Lipinski definition) is 20. The van der Waals surface area contributed by atoms with E-state index in [9.17, 15) is 10.2 Å². The molecule has 2 aromatic carbocycles. The molecule has 384 valence electrons. The second kappa shape index (κ2) is 26.4. The third-order valence-corrected chi connectivity index (χ3v) is 12.9. The lowest BCUT2D eigenvalue weighted by atomic mass is 10.1. The number of ether oxygens (including phenoxy) is 5. The summed E-state index contributed by atoms with van der Waals surface area (Å²) in [6.45, 7) is 8.32. The molecule has 8 rings (SSSR count). The Morgan fingerprint density at radius 1 is 0.662 bits per heavy atom. The van der Waals surface area contributed by atoms with E-state index in [2.05, 4.69) is 67.4 Å². The highest BCUT2D eigenvalue weighted by molar-refractivity contribution is 5.68. The molecule has 3 aliphatic heterocycles. The number of aliphatic hydroxyl groups excluding tert-OH is 2.